The SMILES string of the molecule is COc1ccc(C(=O)O[C@@H](C)C(=O)N[C@H](C)CCc2ccccc2)cc1OC. The van der Waals surface area contributed by atoms with Gasteiger partial charge in [-0.25, -0.2) is 4.79 Å². The van der Waals surface area contributed by atoms with E-state index in [2.05, 4.69) is 17.4 Å². The van der Waals surface area contributed by atoms with E-state index >= 15 is 0 Å². The molecule has 28 heavy (non-hydrogen) atoms. The summed E-state index contributed by atoms with van der Waals surface area (Å²) in [5, 5.41) is 2.89. The fourth-order valence-corrected chi connectivity index (χ4v) is 2.71. The molecule has 1 N–H and O–H groups in total. The summed E-state index contributed by atoms with van der Waals surface area (Å²) >= 11 is 0. The number of hydrogen-bond acceptors (Lipinski definition) is 5. The summed E-state index contributed by atoms with van der Waals surface area (Å²) in [6, 6.07) is 14.8. The van der Waals surface area contributed by atoms with Crippen LogP contribution in [0.25, 0.3) is 0 Å². The number of esters is 1. The van der Waals surface area contributed by atoms with Gasteiger partial charge in [-0.05, 0) is 50.5 Å². The smallest absolute Gasteiger partial charge is 0.339 e. The number of ether oxygens (including phenoxy) is 3. The minimum Gasteiger partial charge on any atom is -0.493 e. The van der Waals surface area contributed by atoms with Crippen molar-refractivity contribution in [1.82, 2.24) is 5.32 Å². The first kappa shape index (κ1) is 21.3. The molecule has 0 spiro atoms. The van der Waals surface area contributed by atoms with Crippen LogP contribution in [0.3, 0.4) is 0 Å². The van der Waals surface area contributed by atoms with E-state index in [0.717, 1.165) is 12.8 Å². The minimum atomic E-state index is -0.903. The highest BCUT2D eigenvalue weighted by molar-refractivity contribution is 5.92. The van der Waals surface area contributed by atoms with Crippen LogP contribution in [-0.4, -0.2) is 38.2 Å². The van der Waals surface area contributed by atoms with Gasteiger partial charge in [0.2, 0.25) is 0 Å². The Kier molecular flexibility index (Phi) is 7.87. The predicted molar refractivity (Wildman–Crippen MR) is 107 cm³/mol. The third-order valence-electron chi connectivity index (χ3n) is 4.37. The zero-order chi connectivity index (χ0) is 20.5. The third kappa shape index (κ3) is 6.01. The molecular formula is C22H27NO5. The summed E-state index contributed by atoms with van der Waals surface area (Å²) in [5.41, 5.74) is 1.51. The molecule has 2 atom stereocenters. The van der Waals surface area contributed by atoms with E-state index in [0.29, 0.717) is 11.5 Å². The molecule has 0 aliphatic rings. The Balaban J connectivity index is 1.86. The molecular weight excluding hydrogens is 358 g/mol. The van der Waals surface area contributed by atoms with Crippen molar-refractivity contribution in [3.05, 3.63) is 59.7 Å². The van der Waals surface area contributed by atoms with Gasteiger partial charge in [0.15, 0.2) is 17.6 Å². The van der Waals surface area contributed by atoms with Crippen molar-refractivity contribution in [2.45, 2.75) is 38.8 Å². The topological polar surface area (TPSA) is 73.9 Å². The van der Waals surface area contributed by atoms with Crippen LogP contribution < -0.4 is 14.8 Å². The van der Waals surface area contributed by atoms with Crippen LogP contribution in [0.15, 0.2) is 48.5 Å². The highest BCUT2D eigenvalue weighted by atomic mass is 16.5. The molecule has 0 saturated carbocycles. The van der Waals surface area contributed by atoms with E-state index in [9.17, 15) is 9.59 Å². The van der Waals surface area contributed by atoms with Crippen molar-refractivity contribution in [3.63, 3.8) is 0 Å². The average Bonchev–Trinajstić information content (AvgIpc) is 2.72. The Bertz CT molecular complexity index is 791. The van der Waals surface area contributed by atoms with Crippen molar-refractivity contribution in [2.75, 3.05) is 14.2 Å². The number of benzene rings is 2. The van der Waals surface area contributed by atoms with Gasteiger partial charge < -0.3 is 19.5 Å². The second kappa shape index (κ2) is 10.3. The van der Waals surface area contributed by atoms with Crippen molar-refractivity contribution < 1.29 is 23.8 Å². The molecule has 0 bridgehead atoms. The molecule has 0 heterocycles. The lowest BCUT2D eigenvalue weighted by Gasteiger charge is -2.18. The van der Waals surface area contributed by atoms with Crippen LogP contribution in [0.1, 0.15) is 36.2 Å². The Hall–Kier alpha value is -3.02. The van der Waals surface area contributed by atoms with Gasteiger partial charge in [-0.1, -0.05) is 30.3 Å². The van der Waals surface area contributed by atoms with Crippen molar-refractivity contribution >= 4 is 11.9 Å². The van der Waals surface area contributed by atoms with Gasteiger partial charge in [0, 0.05) is 6.04 Å². The first-order valence-corrected chi connectivity index (χ1v) is 9.22. The summed E-state index contributed by atoms with van der Waals surface area (Å²) in [7, 11) is 3.00. The van der Waals surface area contributed by atoms with Gasteiger partial charge in [-0.15, -0.1) is 0 Å². The van der Waals surface area contributed by atoms with Crippen LogP contribution in [0.4, 0.5) is 0 Å². The Morgan fingerprint density at radius 1 is 0.964 bits per heavy atom. The van der Waals surface area contributed by atoms with Crippen LogP contribution in [0.2, 0.25) is 0 Å². The van der Waals surface area contributed by atoms with E-state index in [1.54, 1.807) is 19.1 Å². The first-order chi connectivity index (χ1) is 13.4. The molecule has 0 aliphatic heterocycles. The second-order valence-corrected chi connectivity index (χ2v) is 6.55. The molecule has 0 fully saturated rings. The van der Waals surface area contributed by atoms with Gasteiger partial charge in [-0.2, -0.15) is 0 Å². The normalized spacial score (nSPS) is 12.6. The molecule has 2 aromatic carbocycles. The number of rotatable bonds is 9. The van der Waals surface area contributed by atoms with Crippen molar-refractivity contribution in [2.24, 2.45) is 0 Å². The van der Waals surface area contributed by atoms with Gasteiger partial charge in [-0.3, -0.25) is 4.79 Å². The molecule has 6 nitrogen and oxygen atoms in total. The first-order valence-electron chi connectivity index (χ1n) is 9.22. The van der Waals surface area contributed by atoms with E-state index < -0.39 is 12.1 Å². The molecule has 0 saturated heterocycles. The standard InChI is InChI=1S/C22H27NO5/c1-15(10-11-17-8-6-5-7-9-17)23-21(24)16(2)28-22(25)18-12-13-19(26-3)20(14-18)27-4/h5-9,12-16H,10-11H2,1-4H3,(H,23,24)/t15-,16+/m1/s1. The molecule has 0 aliphatic carbocycles. The average molecular weight is 385 g/mol. The number of amides is 1. The van der Waals surface area contributed by atoms with E-state index in [-0.39, 0.29) is 17.5 Å². The number of carbonyl (C=O) groups excluding carboxylic acids is 2. The lowest BCUT2D eigenvalue weighted by molar-refractivity contribution is -0.129. The van der Waals surface area contributed by atoms with Crippen LogP contribution in [0.5, 0.6) is 11.5 Å². The zero-order valence-electron chi connectivity index (χ0n) is 16.7. The molecule has 0 radical (unpaired) electrons. The molecule has 2 aromatic rings. The lowest BCUT2D eigenvalue weighted by atomic mass is 10.1. The molecule has 2 rings (SSSR count). The number of hydrogen-bond donors (Lipinski definition) is 1. The van der Waals surface area contributed by atoms with E-state index in [4.69, 9.17) is 14.2 Å². The predicted octanol–water partition coefficient (Wildman–Crippen LogP) is 3.39. The van der Waals surface area contributed by atoms with Crippen molar-refractivity contribution in [3.8, 4) is 11.5 Å². The quantitative estimate of drug-likeness (QED) is 0.670. The monoisotopic (exact) mass is 385 g/mol. The molecule has 1 amide bonds. The van der Waals surface area contributed by atoms with Crippen LogP contribution in [-0.2, 0) is 16.0 Å². The summed E-state index contributed by atoms with van der Waals surface area (Å²) < 4.78 is 15.6. The number of methoxy groups -OCH3 is 2. The Labute approximate surface area is 165 Å². The molecule has 6 heteroatoms. The van der Waals surface area contributed by atoms with Gasteiger partial charge >= 0.3 is 5.97 Å². The molecule has 0 unspecified atom stereocenters. The van der Waals surface area contributed by atoms with Crippen molar-refractivity contribution in [1.29, 1.82) is 0 Å². The number of nitrogens with one attached hydrogen (secondary N) is 1. The Morgan fingerprint density at radius 2 is 1.64 bits per heavy atom. The van der Waals surface area contributed by atoms with E-state index in [1.807, 2.05) is 25.1 Å². The highest BCUT2D eigenvalue weighted by Gasteiger charge is 2.21. The molecule has 150 valence electrons. The largest absolute Gasteiger partial charge is 0.493 e. The fraction of sp³-hybridized carbons (Fsp3) is 0.364. The third-order valence-corrected chi connectivity index (χ3v) is 4.37. The molecule has 0 aromatic heterocycles. The maximum Gasteiger partial charge on any atom is 0.339 e. The number of carbonyl (C=O) groups is 2. The van der Waals surface area contributed by atoms with Gasteiger partial charge in [0.25, 0.3) is 5.91 Å². The van der Waals surface area contributed by atoms with E-state index in [1.165, 1.54) is 25.8 Å². The maximum absolute atomic E-state index is 12.3. The maximum atomic E-state index is 12.3. The van der Waals surface area contributed by atoms with Crippen LogP contribution in [0, 0.1) is 0 Å². The summed E-state index contributed by atoms with van der Waals surface area (Å²) in [4.78, 5) is 24.6. The zero-order valence-corrected chi connectivity index (χ0v) is 16.7. The second-order valence-electron chi connectivity index (χ2n) is 6.55. The van der Waals surface area contributed by atoms with Gasteiger partial charge in [0.05, 0.1) is 19.8 Å². The van der Waals surface area contributed by atoms with Gasteiger partial charge in [0.1, 0.15) is 0 Å². The number of aryl methyl sites for hydroxylation is 1. The minimum absolute atomic E-state index is 0.0325. The summed E-state index contributed by atoms with van der Waals surface area (Å²) in [6.45, 7) is 3.49. The fourth-order valence-electron chi connectivity index (χ4n) is 2.71. The lowest BCUT2D eigenvalue weighted by Crippen LogP contribution is -2.41. The Morgan fingerprint density at radius 3 is 2.29 bits per heavy atom. The summed E-state index contributed by atoms with van der Waals surface area (Å²) in [5.74, 6) is 0.00982. The van der Waals surface area contributed by atoms with Crippen LogP contribution >= 0.6 is 0 Å². The highest BCUT2D eigenvalue weighted by Crippen LogP contribution is 2.27. The summed E-state index contributed by atoms with van der Waals surface area (Å²) in [6.07, 6.45) is 0.758.